The zero-order valence-electron chi connectivity index (χ0n) is 12.2. The van der Waals surface area contributed by atoms with Crippen LogP contribution in [0.4, 0.5) is 13.2 Å². The zero-order chi connectivity index (χ0) is 17.2. The minimum atomic E-state index is -4.47. The summed E-state index contributed by atoms with van der Waals surface area (Å²) in [6, 6.07) is 7.98. The van der Waals surface area contributed by atoms with Crippen molar-refractivity contribution in [2.45, 2.75) is 25.9 Å². The molecule has 0 amide bonds. The lowest BCUT2D eigenvalue weighted by molar-refractivity contribution is -0.137. The van der Waals surface area contributed by atoms with Crippen molar-refractivity contribution in [2.75, 3.05) is 0 Å². The Morgan fingerprint density at radius 2 is 1.83 bits per heavy atom. The van der Waals surface area contributed by atoms with Gasteiger partial charge in [0.2, 0.25) is 0 Å². The molecule has 2 aromatic rings. The van der Waals surface area contributed by atoms with Crippen molar-refractivity contribution >= 4 is 17.6 Å². The maximum atomic E-state index is 12.8. The summed E-state index contributed by atoms with van der Waals surface area (Å²) in [5.74, 6) is -1.11. The highest BCUT2D eigenvalue weighted by Crippen LogP contribution is 2.32. The number of hydrogen-bond donors (Lipinski definition) is 1. The number of carbonyl (C=O) groups is 1. The third-order valence-corrected chi connectivity index (χ3v) is 3.94. The second kappa shape index (κ2) is 6.62. The third-order valence-electron chi connectivity index (χ3n) is 3.57. The zero-order valence-corrected chi connectivity index (χ0v) is 13.0. The van der Waals surface area contributed by atoms with Crippen LogP contribution in [0.5, 0.6) is 0 Å². The van der Waals surface area contributed by atoms with Crippen molar-refractivity contribution in [2.24, 2.45) is 0 Å². The first-order chi connectivity index (χ1) is 10.7. The molecule has 0 atom stereocenters. The van der Waals surface area contributed by atoms with Crippen LogP contribution in [0.15, 0.2) is 36.4 Å². The van der Waals surface area contributed by atoms with E-state index in [-0.39, 0.29) is 22.6 Å². The number of carboxylic acid groups (broad SMARTS) is 1. The first-order valence-corrected chi connectivity index (χ1v) is 7.31. The van der Waals surface area contributed by atoms with Gasteiger partial charge in [-0.2, -0.15) is 13.2 Å². The molecule has 0 heterocycles. The van der Waals surface area contributed by atoms with Crippen LogP contribution in [-0.2, 0) is 19.0 Å². The Balaban J connectivity index is 2.45. The van der Waals surface area contributed by atoms with Gasteiger partial charge in [0.1, 0.15) is 0 Å². The van der Waals surface area contributed by atoms with E-state index in [1.807, 2.05) is 6.92 Å². The minimum absolute atomic E-state index is 0.0222. The van der Waals surface area contributed by atoms with Gasteiger partial charge >= 0.3 is 12.1 Å². The molecule has 0 aliphatic carbocycles. The van der Waals surface area contributed by atoms with Gasteiger partial charge in [-0.3, -0.25) is 0 Å². The Morgan fingerprint density at radius 1 is 1.13 bits per heavy atom. The van der Waals surface area contributed by atoms with Crippen LogP contribution >= 0.6 is 11.6 Å². The third kappa shape index (κ3) is 4.05. The molecule has 2 nitrogen and oxygen atoms in total. The van der Waals surface area contributed by atoms with Crippen molar-refractivity contribution in [3.63, 3.8) is 0 Å². The molecule has 0 aromatic heterocycles. The average molecular weight is 343 g/mol. The first-order valence-electron chi connectivity index (χ1n) is 6.93. The molecule has 0 aliphatic rings. The molecule has 0 aliphatic heterocycles. The molecule has 0 spiro atoms. The van der Waals surface area contributed by atoms with Gasteiger partial charge in [-0.05, 0) is 53.8 Å². The summed E-state index contributed by atoms with van der Waals surface area (Å²) >= 11 is 5.97. The maximum Gasteiger partial charge on any atom is 0.416 e. The number of alkyl halides is 3. The molecule has 2 rings (SSSR count). The highest BCUT2D eigenvalue weighted by atomic mass is 35.5. The maximum absolute atomic E-state index is 12.8. The molecule has 1 N–H and O–H groups in total. The molecule has 0 bridgehead atoms. The van der Waals surface area contributed by atoms with E-state index in [1.165, 1.54) is 6.07 Å². The monoisotopic (exact) mass is 342 g/mol. The van der Waals surface area contributed by atoms with Gasteiger partial charge in [0.15, 0.2) is 0 Å². The van der Waals surface area contributed by atoms with E-state index >= 15 is 0 Å². The highest BCUT2D eigenvalue weighted by molar-refractivity contribution is 6.31. The molecule has 0 unspecified atom stereocenters. The van der Waals surface area contributed by atoms with Crippen molar-refractivity contribution in [3.8, 4) is 0 Å². The Labute approximate surface area is 136 Å². The highest BCUT2D eigenvalue weighted by Gasteiger charge is 2.31. The van der Waals surface area contributed by atoms with Crippen LogP contribution in [0, 0.1) is 0 Å². The Morgan fingerprint density at radius 3 is 2.39 bits per heavy atom. The SMILES string of the molecule is CCc1ccc(Cc2cc(C(F)(F)F)ccc2Cl)c(C(=O)O)c1. The van der Waals surface area contributed by atoms with E-state index in [1.54, 1.807) is 18.2 Å². The second-order valence-corrected chi connectivity index (χ2v) is 5.54. The molecule has 0 saturated heterocycles. The lowest BCUT2D eigenvalue weighted by Gasteiger charge is -2.12. The van der Waals surface area contributed by atoms with Crippen LogP contribution in [0.2, 0.25) is 5.02 Å². The number of aromatic carboxylic acids is 1. The van der Waals surface area contributed by atoms with E-state index in [0.717, 1.165) is 17.7 Å². The lowest BCUT2D eigenvalue weighted by Crippen LogP contribution is -2.07. The van der Waals surface area contributed by atoms with E-state index in [9.17, 15) is 23.1 Å². The van der Waals surface area contributed by atoms with Crippen LogP contribution < -0.4 is 0 Å². The average Bonchev–Trinajstić information content (AvgIpc) is 2.48. The van der Waals surface area contributed by atoms with Crippen molar-refractivity contribution in [3.05, 3.63) is 69.2 Å². The summed E-state index contributed by atoms with van der Waals surface area (Å²) in [6.07, 6.45) is -3.78. The van der Waals surface area contributed by atoms with Gasteiger partial charge in [-0.1, -0.05) is 30.7 Å². The van der Waals surface area contributed by atoms with Crippen molar-refractivity contribution in [1.82, 2.24) is 0 Å². The van der Waals surface area contributed by atoms with Gasteiger partial charge < -0.3 is 5.11 Å². The molecular formula is C17H14ClF3O2. The smallest absolute Gasteiger partial charge is 0.416 e. The molecule has 23 heavy (non-hydrogen) atoms. The molecule has 0 saturated carbocycles. The van der Waals surface area contributed by atoms with Crippen LogP contribution in [0.3, 0.4) is 0 Å². The fourth-order valence-corrected chi connectivity index (χ4v) is 2.47. The minimum Gasteiger partial charge on any atom is -0.478 e. The normalized spacial score (nSPS) is 11.5. The largest absolute Gasteiger partial charge is 0.478 e. The molecule has 122 valence electrons. The van der Waals surface area contributed by atoms with Gasteiger partial charge in [-0.15, -0.1) is 0 Å². The second-order valence-electron chi connectivity index (χ2n) is 5.13. The molecule has 6 heteroatoms. The Bertz CT molecular complexity index is 739. The van der Waals surface area contributed by atoms with Gasteiger partial charge in [0.05, 0.1) is 11.1 Å². The van der Waals surface area contributed by atoms with Crippen LogP contribution in [0.25, 0.3) is 0 Å². The number of benzene rings is 2. The number of rotatable bonds is 4. The van der Waals surface area contributed by atoms with E-state index in [4.69, 9.17) is 11.6 Å². The van der Waals surface area contributed by atoms with Gasteiger partial charge in [-0.25, -0.2) is 4.79 Å². The molecular weight excluding hydrogens is 329 g/mol. The Kier molecular flexibility index (Phi) is 5.00. The summed E-state index contributed by atoms with van der Waals surface area (Å²) in [6.45, 7) is 1.89. The van der Waals surface area contributed by atoms with E-state index in [2.05, 4.69) is 0 Å². The summed E-state index contributed by atoms with van der Waals surface area (Å²) in [7, 11) is 0. The standard InChI is InChI=1S/C17H14ClF3O2/c1-2-10-3-4-11(14(7-10)16(22)23)8-12-9-13(17(19,20)21)5-6-15(12)18/h3-7,9H,2,8H2,1H3,(H,22,23). The predicted molar refractivity (Wildman–Crippen MR) is 82.0 cm³/mol. The number of aryl methyl sites for hydroxylation is 1. The topological polar surface area (TPSA) is 37.3 Å². The Hall–Kier alpha value is -2.01. The van der Waals surface area contributed by atoms with Crippen LogP contribution in [-0.4, -0.2) is 11.1 Å². The van der Waals surface area contributed by atoms with Crippen molar-refractivity contribution < 1.29 is 23.1 Å². The summed E-state index contributed by atoms with van der Waals surface area (Å²) in [4.78, 5) is 11.4. The molecule has 2 aromatic carbocycles. The summed E-state index contributed by atoms with van der Waals surface area (Å²) < 4.78 is 38.4. The van der Waals surface area contributed by atoms with Gasteiger partial charge in [0, 0.05) is 5.02 Å². The molecule has 0 radical (unpaired) electrons. The van der Waals surface area contributed by atoms with E-state index in [0.29, 0.717) is 12.0 Å². The summed E-state index contributed by atoms with van der Waals surface area (Å²) in [5, 5.41) is 9.48. The fourth-order valence-electron chi connectivity index (χ4n) is 2.29. The summed E-state index contributed by atoms with van der Waals surface area (Å²) in [5.41, 5.74) is 0.794. The molecule has 0 fully saturated rings. The number of hydrogen-bond acceptors (Lipinski definition) is 1. The predicted octanol–water partition coefficient (Wildman–Crippen LogP) is 5.21. The first kappa shape index (κ1) is 17.3. The quantitative estimate of drug-likeness (QED) is 0.828. The fraction of sp³-hybridized carbons (Fsp3) is 0.235. The number of halogens is 4. The van der Waals surface area contributed by atoms with Crippen molar-refractivity contribution in [1.29, 1.82) is 0 Å². The van der Waals surface area contributed by atoms with E-state index < -0.39 is 17.7 Å². The van der Waals surface area contributed by atoms with Crippen LogP contribution in [0.1, 0.15) is 39.5 Å². The lowest BCUT2D eigenvalue weighted by atomic mass is 9.96. The number of carboxylic acids is 1. The van der Waals surface area contributed by atoms with Gasteiger partial charge in [0.25, 0.3) is 0 Å².